The number of imidazole rings is 1. The lowest BCUT2D eigenvalue weighted by molar-refractivity contribution is -0.142. The fourth-order valence-corrected chi connectivity index (χ4v) is 2.35. The molecule has 0 saturated heterocycles. The van der Waals surface area contributed by atoms with Gasteiger partial charge in [0.25, 0.3) is 5.91 Å². The van der Waals surface area contributed by atoms with Crippen molar-refractivity contribution in [1.29, 1.82) is 0 Å². The quantitative estimate of drug-likeness (QED) is 0.789. The number of aliphatic carboxylic acids is 1. The van der Waals surface area contributed by atoms with Crippen LogP contribution in [0.1, 0.15) is 21.9 Å². The van der Waals surface area contributed by atoms with Crippen LogP contribution >= 0.6 is 0 Å². The summed E-state index contributed by atoms with van der Waals surface area (Å²) in [6.45, 7) is 0.196. The second-order valence-corrected chi connectivity index (χ2v) is 4.69. The molecule has 8 heteroatoms. The number of rotatable bonds is 2. The van der Waals surface area contributed by atoms with Crippen molar-refractivity contribution in [3.63, 3.8) is 0 Å². The average molecular weight is 275 g/mol. The van der Waals surface area contributed by atoms with Crippen molar-refractivity contribution < 1.29 is 14.7 Å². The molecule has 2 aromatic rings. The Labute approximate surface area is 114 Å². The Morgan fingerprint density at radius 2 is 2.30 bits per heavy atom. The van der Waals surface area contributed by atoms with Gasteiger partial charge >= 0.3 is 5.97 Å². The Balaban J connectivity index is 1.94. The number of carboxylic acids is 1. The van der Waals surface area contributed by atoms with Crippen LogP contribution in [-0.4, -0.2) is 47.7 Å². The van der Waals surface area contributed by atoms with Crippen LogP contribution in [0.15, 0.2) is 18.6 Å². The molecule has 1 atom stereocenters. The zero-order valence-electron chi connectivity index (χ0n) is 10.8. The van der Waals surface area contributed by atoms with E-state index in [0.717, 1.165) is 5.69 Å². The van der Waals surface area contributed by atoms with Gasteiger partial charge in [0.15, 0.2) is 0 Å². The molecule has 3 heterocycles. The lowest BCUT2D eigenvalue weighted by Gasteiger charge is -2.31. The third-order valence-electron chi connectivity index (χ3n) is 3.38. The molecule has 0 aliphatic carbocycles. The van der Waals surface area contributed by atoms with Crippen LogP contribution in [0.4, 0.5) is 0 Å². The van der Waals surface area contributed by atoms with Crippen LogP contribution in [0.3, 0.4) is 0 Å². The third-order valence-corrected chi connectivity index (χ3v) is 3.38. The van der Waals surface area contributed by atoms with Crippen molar-refractivity contribution in [2.75, 3.05) is 0 Å². The highest BCUT2D eigenvalue weighted by Gasteiger charge is 2.36. The summed E-state index contributed by atoms with van der Waals surface area (Å²) in [5.74, 6) is -1.43. The molecule has 2 aromatic heterocycles. The number of nitrogens with zero attached hydrogens (tertiary/aromatic N) is 4. The Bertz CT molecular complexity index is 674. The highest BCUT2D eigenvalue weighted by molar-refractivity contribution is 5.95. The van der Waals surface area contributed by atoms with Crippen molar-refractivity contribution in [3.05, 3.63) is 35.7 Å². The number of aromatic amines is 1. The fourth-order valence-electron chi connectivity index (χ4n) is 2.35. The molecular formula is C12H13N5O3. The summed E-state index contributed by atoms with van der Waals surface area (Å²) in [7, 11) is 1.70. The Kier molecular flexibility index (Phi) is 2.78. The Hall–Kier alpha value is -2.64. The number of nitrogens with one attached hydrogen (secondary N) is 1. The molecule has 104 valence electrons. The number of amides is 1. The topological polar surface area (TPSA) is 104 Å². The first-order valence-electron chi connectivity index (χ1n) is 6.11. The summed E-state index contributed by atoms with van der Waals surface area (Å²) in [6, 6.07) is 0.657. The molecule has 0 aromatic carbocycles. The maximum absolute atomic E-state index is 12.4. The molecule has 0 fully saturated rings. The summed E-state index contributed by atoms with van der Waals surface area (Å²) in [5.41, 5.74) is 1.70. The van der Waals surface area contributed by atoms with Gasteiger partial charge in [0.2, 0.25) is 0 Å². The molecule has 1 amide bonds. The average Bonchev–Trinajstić information content (AvgIpc) is 3.04. The monoisotopic (exact) mass is 275 g/mol. The normalized spacial score (nSPS) is 17.9. The maximum Gasteiger partial charge on any atom is 0.326 e. The number of carbonyl (C=O) groups excluding carboxylic acids is 1. The molecule has 1 aliphatic rings. The van der Waals surface area contributed by atoms with E-state index in [4.69, 9.17) is 0 Å². The summed E-state index contributed by atoms with van der Waals surface area (Å²) in [4.78, 5) is 32.1. The number of fused-ring (bicyclic) bond motifs is 1. The van der Waals surface area contributed by atoms with Crippen molar-refractivity contribution in [3.8, 4) is 0 Å². The number of carboxylic acid groups (broad SMARTS) is 1. The van der Waals surface area contributed by atoms with E-state index >= 15 is 0 Å². The standard InChI is InChI=1S/C12H13N5O3/c1-16-3-2-7(15-16)11(18)17-5-9-8(13-6-14-9)4-10(17)12(19)20/h2-3,6,10H,4-5H2,1H3,(H,13,14)(H,19,20). The smallest absolute Gasteiger partial charge is 0.326 e. The van der Waals surface area contributed by atoms with E-state index in [9.17, 15) is 14.7 Å². The van der Waals surface area contributed by atoms with Crippen molar-refractivity contribution in [2.45, 2.75) is 19.0 Å². The number of H-pyrrole nitrogens is 1. The SMILES string of the molecule is Cn1ccc(C(=O)N2Cc3[nH]cnc3CC2C(=O)O)n1. The van der Waals surface area contributed by atoms with Gasteiger partial charge in [0.05, 0.1) is 24.3 Å². The number of aryl methyl sites for hydroxylation is 1. The van der Waals surface area contributed by atoms with Gasteiger partial charge in [-0.3, -0.25) is 9.48 Å². The minimum Gasteiger partial charge on any atom is -0.480 e. The lowest BCUT2D eigenvalue weighted by Crippen LogP contribution is -2.48. The van der Waals surface area contributed by atoms with Crippen LogP contribution in [0, 0.1) is 0 Å². The van der Waals surface area contributed by atoms with Gasteiger partial charge in [-0.1, -0.05) is 0 Å². The highest BCUT2D eigenvalue weighted by Crippen LogP contribution is 2.22. The van der Waals surface area contributed by atoms with Crippen LogP contribution in [0.5, 0.6) is 0 Å². The van der Waals surface area contributed by atoms with E-state index in [2.05, 4.69) is 15.1 Å². The first kappa shape index (κ1) is 12.4. The zero-order chi connectivity index (χ0) is 14.3. The van der Waals surface area contributed by atoms with Gasteiger partial charge in [-0.05, 0) is 6.07 Å². The molecule has 3 rings (SSSR count). The van der Waals surface area contributed by atoms with E-state index < -0.39 is 17.9 Å². The summed E-state index contributed by atoms with van der Waals surface area (Å²) in [6.07, 6.45) is 3.36. The van der Waals surface area contributed by atoms with Crippen LogP contribution in [0.25, 0.3) is 0 Å². The first-order chi connectivity index (χ1) is 9.56. The fraction of sp³-hybridized carbons (Fsp3) is 0.333. The van der Waals surface area contributed by atoms with Crippen molar-refractivity contribution in [2.24, 2.45) is 7.05 Å². The van der Waals surface area contributed by atoms with E-state index in [1.54, 1.807) is 19.3 Å². The number of aromatic nitrogens is 4. The lowest BCUT2D eigenvalue weighted by atomic mass is 10.0. The number of carbonyl (C=O) groups is 2. The highest BCUT2D eigenvalue weighted by atomic mass is 16.4. The second-order valence-electron chi connectivity index (χ2n) is 4.69. The summed E-state index contributed by atoms with van der Waals surface area (Å²) >= 11 is 0. The predicted molar refractivity (Wildman–Crippen MR) is 66.8 cm³/mol. The van der Waals surface area contributed by atoms with Gasteiger partial charge < -0.3 is 15.0 Å². The molecule has 20 heavy (non-hydrogen) atoms. The third kappa shape index (κ3) is 1.94. The molecule has 0 radical (unpaired) electrons. The van der Waals surface area contributed by atoms with Gasteiger partial charge in [-0.25, -0.2) is 9.78 Å². The van der Waals surface area contributed by atoms with Gasteiger partial charge in [0.1, 0.15) is 11.7 Å². The van der Waals surface area contributed by atoms with E-state index in [1.165, 1.54) is 15.9 Å². The molecular weight excluding hydrogens is 262 g/mol. The summed E-state index contributed by atoms with van der Waals surface area (Å²) < 4.78 is 1.51. The number of hydrogen-bond acceptors (Lipinski definition) is 4. The molecule has 1 aliphatic heterocycles. The van der Waals surface area contributed by atoms with E-state index in [0.29, 0.717) is 5.69 Å². The van der Waals surface area contributed by atoms with E-state index in [1.807, 2.05) is 0 Å². The van der Waals surface area contributed by atoms with Crippen molar-refractivity contribution in [1.82, 2.24) is 24.6 Å². The van der Waals surface area contributed by atoms with Gasteiger partial charge in [-0.15, -0.1) is 0 Å². The summed E-state index contributed by atoms with van der Waals surface area (Å²) in [5, 5.41) is 13.3. The van der Waals surface area contributed by atoms with Crippen LogP contribution in [-0.2, 0) is 24.8 Å². The van der Waals surface area contributed by atoms with Gasteiger partial charge in [0, 0.05) is 19.7 Å². The maximum atomic E-state index is 12.4. The Morgan fingerprint density at radius 1 is 1.50 bits per heavy atom. The minimum atomic E-state index is -1.04. The Morgan fingerprint density at radius 3 is 2.95 bits per heavy atom. The minimum absolute atomic E-state index is 0.196. The molecule has 0 spiro atoms. The molecule has 0 bridgehead atoms. The van der Waals surface area contributed by atoms with Crippen LogP contribution < -0.4 is 0 Å². The number of hydrogen-bond donors (Lipinski definition) is 2. The molecule has 0 saturated carbocycles. The van der Waals surface area contributed by atoms with E-state index in [-0.39, 0.29) is 18.7 Å². The first-order valence-corrected chi connectivity index (χ1v) is 6.11. The largest absolute Gasteiger partial charge is 0.480 e. The van der Waals surface area contributed by atoms with Crippen molar-refractivity contribution >= 4 is 11.9 Å². The van der Waals surface area contributed by atoms with Gasteiger partial charge in [-0.2, -0.15) is 5.10 Å². The zero-order valence-corrected chi connectivity index (χ0v) is 10.8. The molecule has 2 N–H and O–H groups in total. The molecule has 1 unspecified atom stereocenters. The van der Waals surface area contributed by atoms with Crippen LogP contribution in [0.2, 0.25) is 0 Å². The predicted octanol–water partition coefficient (Wildman–Crippen LogP) is -0.205. The molecule has 8 nitrogen and oxygen atoms in total. The second kappa shape index (κ2) is 4.48.